The van der Waals surface area contributed by atoms with Gasteiger partial charge in [0.1, 0.15) is 6.61 Å². The average molecular weight is 371 g/mol. The number of nitro benzene ring substituents is 2. The van der Waals surface area contributed by atoms with Crippen LogP contribution in [-0.4, -0.2) is 15.8 Å². The number of halogens is 2. The number of nitrogens with zero attached hydrogens (tertiary/aromatic N) is 2. The molecule has 0 aromatic heterocycles. The molecule has 24 heavy (non-hydrogen) atoms. The number of esters is 1. The summed E-state index contributed by atoms with van der Waals surface area (Å²) in [5.74, 6) is -0.937. The van der Waals surface area contributed by atoms with E-state index in [1.165, 1.54) is 12.1 Å². The molecule has 0 atom stereocenters. The molecule has 0 aliphatic heterocycles. The van der Waals surface area contributed by atoms with Gasteiger partial charge >= 0.3 is 5.97 Å². The van der Waals surface area contributed by atoms with Crippen LogP contribution in [0.25, 0.3) is 0 Å². The van der Waals surface area contributed by atoms with Gasteiger partial charge in [-0.3, -0.25) is 20.2 Å². The Labute approximate surface area is 144 Å². The van der Waals surface area contributed by atoms with E-state index in [0.29, 0.717) is 10.6 Å². The third-order valence-corrected chi connectivity index (χ3v) is 3.65. The fraction of sp³-hybridized carbons (Fsp3) is 0.0714. The minimum atomic E-state index is -0.937. The molecule has 0 spiro atoms. The van der Waals surface area contributed by atoms with Crippen molar-refractivity contribution < 1.29 is 19.4 Å². The smallest absolute Gasteiger partial charge is 0.338 e. The van der Waals surface area contributed by atoms with Crippen molar-refractivity contribution in [2.24, 2.45) is 0 Å². The van der Waals surface area contributed by atoms with Gasteiger partial charge in [0.2, 0.25) is 0 Å². The molecule has 0 amide bonds. The standard InChI is InChI=1S/C14H8Cl2N2O6/c15-12-2-1-8(3-13(12)16)7-24-14(19)9-4-10(17(20)21)6-11(5-9)18(22)23/h1-6H,7H2. The summed E-state index contributed by atoms with van der Waals surface area (Å²) < 4.78 is 4.99. The number of hydrogen-bond acceptors (Lipinski definition) is 6. The molecule has 0 fully saturated rings. The highest BCUT2D eigenvalue weighted by Gasteiger charge is 2.20. The predicted molar refractivity (Wildman–Crippen MR) is 85.3 cm³/mol. The van der Waals surface area contributed by atoms with Crippen molar-refractivity contribution in [3.63, 3.8) is 0 Å². The highest BCUT2D eigenvalue weighted by Crippen LogP contribution is 2.25. The monoisotopic (exact) mass is 370 g/mol. The lowest BCUT2D eigenvalue weighted by Crippen LogP contribution is -2.07. The molecule has 0 saturated carbocycles. The molecule has 0 unspecified atom stereocenters. The second-order valence-corrected chi connectivity index (χ2v) is 5.39. The van der Waals surface area contributed by atoms with Crippen molar-refractivity contribution in [2.75, 3.05) is 0 Å². The van der Waals surface area contributed by atoms with Crippen molar-refractivity contribution >= 4 is 40.5 Å². The number of non-ortho nitro benzene ring substituents is 2. The van der Waals surface area contributed by atoms with Gasteiger partial charge in [0, 0.05) is 12.1 Å². The number of hydrogen-bond donors (Lipinski definition) is 0. The largest absolute Gasteiger partial charge is 0.457 e. The minimum Gasteiger partial charge on any atom is -0.457 e. The Morgan fingerprint density at radius 1 is 0.958 bits per heavy atom. The highest BCUT2D eigenvalue weighted by molar-refractivity contribution is 6.42. The maximum absolute atomic E-state index is 12.0. The summed E-state index contributed by atoms with van der Waals surface area (Å²) in [4.78, 5) is 31.9. The van der Waals surface area contributed by atoms with Gasteiger partial charge in [0.15, 0.2) is 0 Å². The van der Waals surface area contributed by atoms with Crippen LogP contribution < -0.4 is 0 Å². The van der Waals surface area contributed by atoms with Gasteiger partial charge in [-0.2, -0.15) is 0 Å². The van der Waals surface area contributed by atoms with Gasteiger partial charge < -0.3 is 4.74 Å². The van der Waals surface area contributed by atoms with Crippen LogP contribution in [0.4, 0.5) is 11.4 Å². The quantitative estimate of drug-likeness (QED) is 0.443. The van der Waals surface area contributed by atoms with Crippen molar-refractivity contribution in [1.29, 1.82) is 0 Å². The van der Waals surface area contributed by atoms with Gasteiger partial charge in [-0.15, -0.1) is 0 Å². The van der Waals surface area contributed by atoms with Crippen LogP contribution in [0.2, 0.25) is 10.0 Å². The van der Waals surface area contributed by atoms with Gasteiger partial charge in [-0.05, 0) is 17.7 Å². The molecule has 2 rings (SSSR count). The minimum absolute atomic E-state index is 0.174. The lowest BCUT2D eigenvalue weighted by atomic mass is 10.1. The van der Waals surface area contributed by atoms with Crippen molar-refractivity contribution in [3.05, 3.63) is 77.8 Å². The van der Waals surface area contributed by atoms with Gasteiger partial charge in [-0.1, -0.05) is 29.3 Å². The zero-order valence-electron chi connectivity index (χ0n) is 11.8. The van der Waals surface area contributed by atoms with E-state index in [-0.39, 0.29) is 17.2 Å². The van der Waals surface area contributed by atoms with Crippen LogP contribution in [0.5, 0.6) is 0 Å². The molecule has 0 saturated heterocycles. The second-order valence-electron chi connectivity index (χ2n) is 4.58. The highest BCUT2D eigenvalue weighted by atomic mass is 35.5. The molecule has 0 N–H and O–H groups in total. The summed E-state index contributed by atoms with van der Waals surface area (Å²) in [5.41, 5.74) is -0.912. The fourth-order valence-corrected chi connectivity index (χ4v) is 2.11. The van der Waals surface area contributed by atoms with Crippen LogP contribution in [0.1, 0.15) is 15.9 Å². The molecule has 8 nitrogen and oxygen atoms in total. The second kappa shape index (κ2) is 7.24. The zero-order chi connectivity index (χ0) is 17.9. The summed E-state index contributed by atoms with van der Waals surface area (Å²) >= 11 is 11.6. The molecule has 0 bridgehead atoms. The van der Waals surface area contributed by atoms with E-state index in [1.807, 2.05) is 0 Å². The molecule has 0 aliphatic rings. The lowest BCUT2D eigenvalue weighted by molar-refractivity contribution is -0.394. The lowest BCUT2D eigenvalue weighted by Gasteiger charge is -2.06. The van der Waals surface area contributed by atoms with Gasteiger partial charge in [0.05, 0.1) is 31.5 Å². The summed E-state index contributed by atoms with van der Waals surface area (Å²) in [6.07, 6.45) is 0. The van der Waals surface area contributed by atoms with Crippen LogP contribution in [-0.2, 0) is 11.3 Å². The van der Waals surface area contributed by atoms with Crippen molar-refractivity contribution in [3.8, 4) is 0 Å². The van der Waals surface area contributed by atoms with E-state index in [9.17, 15) is 25.0 Å². The Morgan fingerprint density at radius 2 is 1.54 bits per heavy atom. The third kappa shape index (κ3) is 4.18. The molecular weight excluding hydrogens is 363 g/mol. The first-order valence-electron chi connectivity index (χ1n) is 6.33. The molecule has 0 radical (unpaired) electrons. The van der Waals surface area contributed by atoms with Crippen LogP contribution >= 0.6 is 23.2 Å². The van der Waals surface area contributed by atoms with Crippen LogP contribution in [0, 0.1) is 20.2 Å². The maximum atomic E-state index is 12.0. The van der Waals surface area contributed by atoms with Crippen molar-refractivity contribution in [2.45, 2.75) is 6.61 Å². The van der Waals surface area contributed by atoms with E-state index >= 15 is 0 Å². The topological polar surface area (TPSA) is 113 Å². The number of ether oxygens (including phenoxy) is 1. The first-order chi connectivity index (χ1) is 11.3. The Kier molecular flexibility index (Phi) is 5.32. The van der Waals surface area contributed by atoms with Crippen LogP contribution in [0.3, 0.4) is 0 Å². The Morgan fingerprint density at radius 3 is 2.04 bits per heavy atom. The molecule has 0 aliphatic carbocycles. The Hall–Kier alpha value is -2.71. The number of rotatable bonds is 5. The van der Waals surface area contributed by atoms with Crippen LogP contribution in [0.15, 0.2) is 36.4 Å². The first-order valence-corrected chi connectivity index (χ1v) is 7.08. The summed E-state index contributed by atoms with van der Waals surface area (Å²) in [7, 11) is 0. The number of nitro groups is 2. The van der Waals surface area contributed by atoms with Crippen molar-refractivity contribution in [1.82, 2.24) is 0 Å². The normalized spacial score (nSPS) is 10.2. The summed E-state index contributed by atoms with van der Waals surface area (Å²) in [5, 5.41) is 22.2. The number of carbonyl (C=O) groups excluding carboxylic acids is 1. The van der Waals surface area contributed by atoms with E-state index in [4.69, 9.17) is 27.9 Å². The van der Waals surface area contributed by atoms with E-state index in [0.717, 1.165) is 18.2 Å². The van der Waals surface area contributed by atoms with Gasteiger partial charge in [-0.25, -0.2) is 4.79 Å². The number of benzene rings is 2. The van der Waals surface area contributed by atoms with Gasteiger partial charge in [0.25, 0.3) is 11.4 Å². The molecule has 2 aromatic rings. The molecule has 0 heterocycles. The predicted octanol–water partition coefficient (Wildman–Crippen LogP) is 4.17. The molecule has 10 heteroatoms. The Bertz CT molecular complexity index is 808. The van der Waals surface area contributed by atoms with E-state index in [2.05, 4.69) is 0 Å². The molecule has 2 aromatic carbocycles. The van der Waals surface area contributed by atoms with E-state index in [1.54, 1.807) is 6.07 Å². The summed E-state index contributed by atoms with van der Waals surface area (Å²) in [6.45, 7) is -0.174. The fourth-order valence-electron chi connectivity index (χ4n) is 1.79. The molecule has 124 valence electrons. The number of carbonyl (C=O) groups is 1. The maximum Gasteiger partial charge on any atom is 0.338 e. The molecular formula is C14H8Cl2N2O6. The average Bonchev–Trinajstić information content (AvgIpc) is 2.55. The zero-order valence-corrected chi connectivity index (χ0v) is 13.3. The summed E-state index contributed by atoms with van der Waals surface area (Å²) in [6, 6.07) is 7.17. The first kappa shape index (κ1) is 17.6. The third-order valence-electron chi connectivity index (χ3n) is 2.91. The Balaban J connectivity index is 2.20. The van der Waals surface area contributed by atoms with E-state index < -0.39 is 27.2 Å². The SMILES string of the molecule is O=C(OCc1ccc(Cl)c(Cl)c1)c1cc([N+](=O)[O-])cc([N+](=O)[O-])c1.